The molecular formula is C9H13F3N4O. The van der Waals surface area contributed by atoms with Crippen LogP contribution in [-0.2, 0) is 0 Å². The van der Waals surface area contributed by atoms with Gasteiger partial charge in [0.15, 0.2) is 0 Å². The molecule has 0 saturated carbocycles. The predicted molar refractivity (Wildman–Crippen MR) is 55.7 cm³/mol. The smallest absolute Gasteiger partial charge is 0.329 e. The zero-order valence-electron chi connectivity index (χ0n) is 9.38. The fourth-order valence-electron chi connectivity index (χ4n) is 1.17. The molecule has 17 heavy (non-hydrogen) atoms. The molecule has 0 fully saturated rings. The molecule has 0 radical (unpaired) electrons. The summed E-state index contributed by atoms with van der Waals surface area (Å²) in [5.41, 5.74) is 0. The Morgan fingerprint density at radius 3 is 2.71 bits per heavy atom. The highest BCUT2D eigenvalue weighted by molar-refractivity contribution is 5.88. The predicted octanol–water partition coefficient (Wildman–Crippen LogP) is 2.15. The summed E-state index contributed by atoms with van der Waals surface area (Å²) in [5, 5.41) is 7.94. The molecule has 0 aliphatic rings. The van der Waals surface area contributed by atoms with Gasteiger partial charge in [-0.3, -0.25) is 5.32 Å². The van der Waals surface area contributed by atoms with Gasteiger partial charge in [0, 0.05) is 12.1 Å². The molecule has 0 aromatic carbocycles. The van der Waals surface area contributed by atoms with Crippen LogP contribution in [0.1, 0.15) is 19.9 Å². The molecule has 2 N–H and O–H groups in total. The number of hydrogen-bond donors (Lipinski definition) is 2. The summed E-state index contributed by atoms with van der Waals surface area (Å²) in [6.45, 7) is 2.31. The van der Waals surface area contributed by atoms with Crippen LogP contribution < -0.4 is 10.6 Å². The Kier molecular flexibility index (Phi) is 3.97. The van der Waals surface area contributed by atoms with Gasteiger partial charge in [-0.2, -0.15) is 18.3 Å². The molecule has 0 saturated heterocycles. The average molecular weight is 250 g/mol. The summed E-state index contributed by atoms with van der Waals surface area (Å²) in [4.78, 5) is 11.2. The van der Waals surface area contributed by atoms with E-state index in [2.05, 4.69) is 10.4 Å². The minimum Gasteiger partial charge on any atom is -0.329 e. The third-order valence-electron chi connectivity index (χ3n) is 1.85. The van der Waals surface area contributed by atoms with E-state index in [9.17, 15) is 18.0 Å². The van der Waals surface area contributed by atoms with E-state index >= 15 is 0 Å². The van der Waals surface area contributed by atoms with E-state index < -0.39 is 18.8 Å². The van der Waals surface area contributed by atoms with Gasteiger partial charge < -0.3 is 5.32 Å². The molecule has 1 aromatic heterocycles. The molecule has 0 unspecified atom stereocenters. The standard InChI is InChI=1S/C9H13F3N4O/c1-6(2)16-7(3-4-14-16)15-8(17)13-5-9(10,11)12/h3-4,6H,5H2,1-2H3,(H2,13,15,17). The van der Waals surface area contributed by atoms with Crippen LogP contribution in [0.25, 0.3) is 0 Å². The first kappa shape index (κ1) is 13.3. The van der Waals surface area contributed by atoms with E-state index in [1.165, 1.54) is 16.9 Å². The highest BCUT2D eigenvalue weighted by Gasteiger charge is 2.27. The summed E-state index contributed by atoms with van der Waals surface area (Å²) in [6, 6.07) is 0.598. The summed E-state index contributed by atoms with van der Waals surface area (Å²) in [6.07, 6.45) is -2.96. The first-order valence-electron chi connectivity index (χ1n) is 4.94. The van der Waals surface area contributed by atoms with Gasteiger partial charge in [0.1, 0.15) is 12.4 Å². The number of carbonyl (C=O) groups excluding carboxylic acids is 1. The highest BCUT2D eigenvalue weighted by atomic mass is 19.4. The Morgan fingerprint density at radius 2 is 2.18 bits per heavy atom. The van der Waals surface area contributed by atoms with Gasteiger partial charge in [0.2, 0.25) is 0 Å². The third kappa shape index (κ3) is 4.33. The molecule has 1 heterocycles. The Balaban J connectivity index is 2.54. The number of alkyl halides is 3. The number of nitrogens with one attached hydrogen (secondary N) is 2. The maximum Gasteiger partial charge on any atom is 0.405 e. The second-order valence-electron chi connectivity index (χ2n) is 3.68. The zero-order chi connectivity index (χ0) is 13.1. The monoisotopic (exact) mass is 250 g/mol. The Hall–Kier alpha value is -1.73. The summed E-state index contributed by atoms with van der Waals surface area (Å²) < 4.78 is 37.0. The molecule has 0 spiro atoms. The third-order valence-corrected chi connectivity index (χ3v) is 1.85. The van der Waals surface area contributed by atoms with E-state index in [1.807, 2.05) is 13.8 Å². The van der Waals surface area contributed by atoms with Crippen LogP contribution in [0.3, 0.4) is 0 Å². The number of rotatable bonds is 3. The van der Waals surface area contributed by atoms with Crippen LogP contribution in [0.2, 0.25) is 0 Å². The lowest BCUT2D eigenvalue weighted by atomic mass is 10.4. The average Bonchev–Trinajstić information content (AvgIpc) is 2.62. The SMILES string of the molecule is CC(C)n1nccc1NC(=O)NCC(F)(F)F. The first-order valence-corrected chi connectivity index (χ1v) is 4.94. The van der Waals surface area contributed by atoms with Gasteiger partial charge in [-0.1, -0.05) is 0 Å². The van der Waals surface area contributed by atoms with Crippen molar-refractivity contribution in [1.29, 1.82) is 0 Å². The van der Waals surface area contributed by atoms with Gasteiger partial charge >= 0.3 is 12.2 Å². The number of urea groups is 1. The Labute approximate surface area is 96.0 Å². The van der Waals surface area contributed by atoms with Crippen molar-refractivity contribution in [3.8, 4) is 0 Å². The van der Waals surface area contributed by atoms with Crippen molar-refractivity contribution in [3.63, 3.8) is 0 Å². The Morgan fingerprint density at radius 1 is 1.53 bits per heavy atom. The molecule has 1 rings (SSSR count). The number of anilines is 1. The lowest BCUT2D eigenvalue weighted by Crippen LogP contribution is -2.37. The molecule has 1 aromatic rings. The number of amides is 2. The van der Waals surface area contributed by atoms with E-state index in [1.54, 1.807) is 5.32 Å². The molecule has 96 valence electrons. The summed E-state index contributed by atoms with van der Waals surface area (Å²) >= 11 is 0. The zero-order valence-corrected chi connectivity index (χ0v) is 9.38. The van der Waals surface area contributed by atoms with Gasteiger partial charge in [0.05, 0.1) is 6.20 Å². The number of halogens is 3. The molecular weight excluding hydrogens is 237 g/mol. The van der Waals surface area contributed by atoms with Crippen molar-refractivity contribution < 1.29 is 18.0 Å². The quantitative estimate of drug-likeness (QED) is 0.863. The lowest BCUT2D eigenvalue weighted by molar-refractivity contribution is -0.122. The van der Waals surface area contributed by atoms with E-state index in [4.69, 9.17) is 0 Å². The van der Waals surface area contributed by atoms with Crippen molar-refractivity contribution in [2.24, 2.45) is 0 Å². The van der Waals surface area contributed by atoms with Crippen LogP contribution >= 0.6 is 0 Å². The maximum atomic E-state index is 11.8. The fourth-order valence-corrected chi connectivity index (χ4v) is 1.17. The normalized spacial score (nSPS) is 11.6. The Bertz CT molecular complexity index is 386. The van der Waals surface area contributed by atoms with E-state index in [0.29, 0.717) is 5.82 Å². The van der Waals surface area contributed by atoms with Crippen molar-refractivity contribution in [2.45, 2.75) is 26.1 Å². The van der Waals surface area contributed by atoms with Gasteiger partial charge in [0.25, 0.3) is 0 Å². The van der Waals surface area contributed by atoms with E-state index in [0.717, 1.165) is 0 Å². The number of nitrogens with zero attached hydrogens (tertiary/aromatic N) is 2. The molecule has 0 bridgehead atoms. The van der Waals surface area contributed by atoms with Crippen LogP contribution in [0.15, 0.2) is 12.3 Å². The maximum absolute atomic E-state index is 11.8. The van der Waals surface area contributed by atoms with Crippen LogP contribution in [0.5, 0.6) is 0 Å². The summed E-state index contributed by atoms with van der Waals surface area (Å²) in [5.74, 6) is 0.347. The van der Waals surface area contributed by atoms with Gasteiger partial charge in [-0.25, -0.2) is 9.48 Å². The number of aromatic nitrogens is 2. The van der Waals surface area contributed by atoms with Crippen LogP contribution in [0.4, 0.5) is 23.8 Å². The minimum absolute atomic E-state index is 0.00270. The van der Waals surface area contributed by atoms with Gasteiger partial charge in [-0.05, 0) is 13.8 Å². The van der Waals surface area contributed by atoms with Crippen LogP contribution in [-0.4, -0.2) is 28.5 Å². The van der Waals surface area contributed by atoms with Crippen LogP contribution in [0, 0.1) is 0 Å². The van der Waals surface area contributed by atoms with Gasteiger partial charge in [-0.15, -0.1) is 0 Å². The second kappa shape index (κ2) is 5.07. The fraction of sp³-hybridized carbons (Fsp3) is 0.556. The molecule has 0 aliphatic carbocycles. The minimum atomic E-state index is -4.42. The van der Waals surface area contributed by atoms with Crippen molar-refractivity contribution in [3.05, 3.63) is 12.3 Å². The van der Waals surface area contributed by atoms with E-state index in [-0.39, 0.29) is 6.04 Å². The van der Waals surface area contributed by atoms with Crippen molar-refractivity contribution in [1.82, 2.24) is 15.1 Å². The number of hydrogen-bond acceptors (Lipinski definition) is 2. The molecule has 0 atom stereocenters. The number of carbonyl (C=O) groups is 1. The topological polar surface area (TPSA) is 59.0 Å². The summed E-state index contributed by atoms with van der Waals surface area (Å²) in [7, 11) is 0. The highest BCUT2D eigenvalue weighted by Crippen LogP contribution is 2.14. The second-order valence-corrected chi connectivity index (χ2v) is 3.68. The lowest BCUT2D eigenvalue weighted by Gasteiger charge is -2.13. The molecule has 8 heteroatoms. The largest absolute Gasteiger partial charge is 0.405 e. The molecule has 2 amide bonds. The van der Waals surface area contributed by atoms with Crippen molar-refractivity contribution in [2.75, 3.05) is 11.9 Å². The molecule has 5 nitrogen and oxygen atoms in total. The first-order chi connectivity index (χ1) is 7.79. The molecule has 0 aliphatic heterocycles. The van der Waals surface area contributed by atoms with Crippen molar-refractivity contribution >= 4 is 11.8 Å².